The Kier molecular flexibility index (Phi) is 3.10. The zero-order valence-corrected chi connectivity index (χ0v) is 11.6. The molecule has 2 aromatic rings. The van der Waals surface area contributed by atoms with E-state index in [1.807, 2.05) is 6.07 Å². The van der Waals surface area contributed by atoms with Gasteiger partial charge >= 0.3 is 5.97 Å². The van der Waals surface area contributed by atoms with E-state index < -0.39 is 5.97 Å². The molecule has 0 unspecified atom stereocenters. The largest absolute Gasteiger partial charge is 0.465 e. The zero-order chi connectivity index (χ0) is 14.3. The lowest BCUT2D eigenvalue weighted by Crippen LogP contribution is -2.33. The predicted octanol–water partition coefficient (Wildman–Crippen LogP) is 3.02. The van der Waals surface area contributed by atoms with Gasteiger partial charge in [0.1, 0.15) is 6.54 Å². The molecule has 1 amide bonds. The number of ether oxygens (including phenoxy) is 1. The number of esters is 1. The fraction of sp³-hybridized carbons (Fsp3) is 0.200. The molecule has 0 bridgehead atoms. The van der Waals surface area contributed by atoms with E-state index in [4.69, 9.17) is 16.3 Å². The van der Waals surface area contributed by atoms with Crippen LogP contribution in [0, 0.1) is 0 Å². The minimum Gasteiger partial charge on any atom is -0.465 e. The second-order valence-electron chi connectivity index (χ2n) is 4.49. The molecule has 3 rings (SSSR count). The van der Waals surface area contributed by atoms with Gasteiger partial charge in [0.15, 0.2) is 0 Å². The van der Waals surface area contributed by atoms with Gasteiger partial charge in [-0.2, -0.15) is 0 Å². The predicted molar refractivity (Wildman–Crippen MR) is 77.3 cm³/mol. The summed E-state index contributed by atoms with van der Waals surface area (Å²) in [6.07, 6.45) is 0. The topological polar surface area (TPSA) is 46.6 Å². The molecule has 0 saturated heterocycles. The molecule has 2 aromatic carbocycles. The average Bonchev–Trinajstić information content (AvgIpc) is 2.70. The summed E-state index contributed by atoms with van der Waals surface area (Å²) in [4.78, 5) is 25.5. The molecule has 102 valence electrons. The van der Waals surface area contributed by atoms with E-state index in [1.54, 1.807) is 31.2 Å². The van der Waals surface area contributed by atoms with Crippen molar-refractivity contribution in [2.24, 2.45) is 0 Å². The van der Waals surface area contributed by atoms with Crippen LogP contribution in [0.4, 0.5) is 5.69 Å². The summed E-state index contributed by atoms with van der Waals surface area (Å²) in [6.45, 7) is 1.95. The highest BCUT2D eigenvalue weighted by molar-refractivity contribution is 6.38. The first kappa shape index (κ1) is 12.9. The third-order valence-corrected chi connectivity index (χ3v) is 3.65. The second kappa shape index (κ2) is 4.80. The Morgan fingerprint density at radius 1 is 1.30 bits per heavy atom. The van der Waals surface area contributed by atoms with Crippen molar-refractivity contribution in [1.82, 2.24) is 0 Å². The van der Waals surface area contributed by atoms with Gasteiger partial charge in [-0.15, -0.1) is 0 Å². The monoisotopic (exact) mass is 289 g/mol. The SMILES string of the molecule is CCOC(=O)CN1C(=O)c2cccc3c(Cl)ccc1c23. The van der Waals surface area contributed by atoms with Crippen molar-refractivity contribution in [2.75, 3.05) is 18.1 Å². The minimum atomic E-state index is -0.420. The maximum absolute atomic E-state index is 12.4. The Hall–Kier alpha value is -2.07. The van der Waals surface area contributed by atoms with Gasteiger partial charge in [-0.3, -0.25) is 14.5 Å². The van der Waals surface area contributed by atoms with Gasteiger partial charge in [-0.05, 0) is 25.1 Å². The Morgan fingerprint density at radius 2 is 2.10 bits per heavy atom. The molecule has 0 atom stereocenters. The maximum atomic E-state index is 12.4. The molecule has 4 nitrogen and oxygen atoms in total. The van der Waals surface area contributed by atoms with Gasteiger partial charge in [0.2, 0.25) is 0 Å². The first-order chi connectivity index (χ1) is 9.63. The molecule has 0 aliphatic carbocycles. The van der Waals surface area contributed by atoms with Crippen LogP contribution in [0.1, 0.15) is 17.3 Å². The number of halogens is 1. The first-order valence-electron chi connectivity index (χ1n) is 6.32. The molecular weight excluding hydrogens is 278 g/mol. The van der Waals surface area contributed by atoms with Crippen LogP contribution in [0.15, 0.2) is 30.3 Å². The highest BCUT2D eigenvalue weighted by atomic mass is 35.5. The number of anilines is 1. The number of nitrogens with zero attached hydrogens (tertiary/aromatic N) is 1. The van der Waals surface area contributed by atoms with E-state index >= 15 is 0 Å². The molecule has 0 saturated carbocycles. The lowest BCUT2D eigenvalue weighted by atomic mass is 10.1. The normalized spacial score (nSPS) is 13.1. The summed E-state index contributed by atoms with van der Waals surface area (Å²) < 4.78 is 4.91. The molecule has 0 N–H and O–H groups in total. The Bertz CT molecular complexity index is 726. The fourth-order valence-corrected chi connectivity index (χ4v) is 2.72. The zero-order valence-electron chi connectivity index (χ0n) is 10.9. The van der Waals surface area contributed by atoms with Gasteiger partial charge in [-0.1, -0.05) is 23.7 Å². The Balaban J connectivity index is 2.10. The van der Waals surface area contributed by atoms with Crippen molar-refractivity contribution in [1.29, 1.82) is 0 Å². The number of amides is 1. The van der Waals surface area contributed by atoms with Gasteiger partial charge in [-0.25, -0.2) is 0 Å². The first-order valence-corrected chi connectivity index (χ1v) is 6.70. The number of carbonyl (C=O) groups is 2. The summed E-state index contributed by atoms with van der Waals surface area (Å²) in [5, 5.41) is 2.21. The highest BCUT2D eigenvalue weighted by Crippen LogP contribution is 2.40. The molecule has 1 aliphatic heterocycles. The maximum Gasteiger partial charge on any atom is 0.326 e. The van der Waals surface area contributed by atoms with Crippen LogP contribution in [-0.2, 0) is 9.53 Å². The number of benzene rings is 2. The summed E-state index contributed by atoms with van der Waals surface area (Å²) in [5.41, 5.74) is 1.28. The van der Waals surface area contributed by atoms with Crippen LogP contribution < -0.4 is 4.90 Å². The lowest BCUT2D eigenvalue weighted by Gasteiger charge is -2.16. The highest BCUT2D eigenvalue weighted by Gasteiger charge is 2.31. The van der Waals surface area contributed by atoms with Gasteiger partial charge in [0.25, 0.3) is 5.91 Å². The molecular formula is C15H12ClNO3. The number of hydrogen-bond acceptors (Lipinski definition) is 3. The molecule has 5 heteroatoms. The van der Waals surface area contributed by atoms with Crippen molar-refractivity contribution in [2.45, 2.75) is 6.92 Å². The molecule has 0 fully saturated rings. The van der Waals surface area contributed by atoms with Crippen molar-refractivity contribution in [3.63, 3.8) is 0 Å². The summed E-state index contributed by atoms with van der Waals surface area (Å²) in [6, 6.07) is 8.90. The fourth-order valence-electron chi connectivity index (χ4n) is 2.50. The van der Waals surface area contributed by atoms with Crippen molar-refractivity contribution in [3.05, 3.63) is 40.9 Å². The second-order valence-corrected chi connectivity index (χ2v) is 4.90. The van der Waals surface area contributed by atoms with E-state index in [2.05, 4.69) is 0 Å². The molecule has 0 aromatic heterocycles. The van der Waals surface area contributed by atoms with Crippen LogP contribution in [0.2, 0.25) is 5.02 Å². The van der Waals surface area contributed by atoms with Gasteiger partial charge in [0, 0.05) is 21.4 Å². The molecule has 20 heavy (non-hydrogen) atoms. The van der Waals surface area contributed by atoms with Crippen LogP contribution in [0.3, 0.4) is 0 Å². The standard InChI is InChI=1S/C15H12ClNO3/c1-2-20-13(18)8-17-12-7-6-11(16)9-4-3-5-10(14(9)12)15(17)19/h3-7H,2,8H2,1H3. The minimum absolute atomic E-state index is 0.0852. The van der Waals surface area contributed by atoms with Crippen LogP contribution in [-0.4, -0.2) is 25.0 Å². The van der Waals surface area contributed by atoms with Crippen molar-refractivity contribution >= 4 is 39.9 Å². The van der Waals surface area contributed by atoms with Crippen molar-refractivity contribution in [3.8, 4) is 0 Å². The molecule has 1 aliphatic rings. The van der Waals surface area contributed by atoms with Gasteiger partial charge in [0.05, 0.1) is 12.3 Å². The third kappa shape index (κ3) is 1.84. The van der Waals surface area contributed by atoms with E-state index in [-0.39, 0.29) is 12.5 Å². The average molecular weight is 290 g/mol. The van der Waals surface area contributed by atoms with E-state index in [0.717, 1.165) is 10.8 Å². The Labute approximate surface area is 120 Å². The summed E-state index contributed by atoms with van der Waals surface area (Å²) in [7, 11) is 0. The molecule has 1 heterocycles. The number of carbonyl (C=O) groups excluding carboxylic acids is 2. The molecule has 0 radical (unpaired) electrons. The van der Waals surface area contributed by atoms with E-state index in [0.29, 0.717) is 22.9 Å². The number of hydrogen-bond donors (Lipinski definition) is 0. The van der Waals surface area contributed by atoms with Gasteiger partial charge < -0.3 is 4.74 Å². The summed E-state index contributed by atoms with van der Waals surface area (Å²) in [5.74, 6) is -0.613. The summed E-state index contributed by atoms with van der Waals surface area (Å²) >= 11 is 6.16. The van der Waals surface area contributed by atoms with E-state index in [1.165, 1.54) is 4.90 Å². The van der Waals surface area contributed by atoms with Crippen LogP contribution in [0.25, 0.3) is 10.8 Å². The molecule has 0 spiro atoms. The Morgan fingerprint density at radius 3 is 2.85 bits per heavy atom. The number of rotatable bonds is 3. The third-order valence-electron chi connectivity index (χ3n) is 3.32. The van der Waals surface area contributed by atoms with Crippen LogP contribution >= 0.6 is 11.6 Å². The van der Waals surface area contributed by atoms with Crippen LogP contribution in [0.5, 0.6) is 0 Å². The van der Waals surface area contributed by atoms with Crippen molar-refractivity contribution < 1.29 is 14.3 Å². The smallest absolute Gasteiger partial charge is 0.326 e. The lowest BCUT2D eigenvalue weighted by molar-refractivity contribution is -0.141. The van der Waals surface area contributed by atoms with E-state index in [9.17, 15) is 9.59 Å². The quantitative estimate of drug-likeness (QED) is 0.816.